The highest BCUT2D eigenvalue weighted by molar-refractivity contribution is 5.90. The minimum absolute atomic E-state index is 0.0515. The molecule has 1 aliphatic heterocycles. The van der Waals surface area contributed by atoms with E-state index in [0.717, 1.165) is 25.9 Å². The Hall–Kier alpha value is -1.52. The number of aromatic carboxylic acids is 1. The summed E-state index contributed by atoms with van der Waals surface area (Å²) in [7, 11) is 0. The first kappa shape index (κ1) is 12.0. The van der Waals surface area contributed by atoms with Gasteiger partial charge in [0.2, 0.25) is 11.6 Å². The Balaban J connectivity index is 2.32. The summed E-state index contributed by atoms with van der Waals surface area (Å²) in [6, 6.07) is 0. The molecule has 1 saturated heterocycles. The van der Waals surface area contributed by atoms with Crippen molar-refractivity contribution in [2.45, 2.75) is 39.0 Å². The molecule has 94 valence electrons. The van der Waals surface area contributed by atoms with Crippen LogP contribution in [0.3, 0.4) is 0 Å². The predicted octanol–water partition coefficient (Wildman–Crippen LogP) is 2.49. The summed E-state index contributed by atoms with van der Waals surface area (Å²) in [5, 5.41) is 9.14. The number of carboxylic acids is 1. The molecule has 5 nitrogen and oxygen atoms in total. The van der Waals surface area contributed by atoms with Crippen molar-refractivity contribution in [1.29, 1.82) is 0 Å². The van der Waals surface area contributed by atoms with Gasteiger partial charge in [-0.1, -0.05) is 13.8 Å². The Bertz CT molecular complexity index is 406. The van der Waals surface area contributed by atoms with Crippen molar-refractivity contribution < 1.29 is 14.3 Å². The lowest BCUT2D eigenvalue weighted by atomic mass is 10.1. The number of carbonyl (C=O) groups is 1. The number of anilines is 1. The van der Waals surface area contributed by atoms with Gasteiger partial charge in [-0.15, -0.1) is 0 Å². The summed E-state index contributed by atoms with van der Waals surface area (Å²) < 4.78 is 5.61. The van der Waals surface area contributed by atoms with Crippen molar-refractivity contribution in [1.82, 2.24) is 4.98 Å². The lowest BCUT2D eigenvalue weighted by molar-refractivity contribution is 0.0691. The fourth-order valence-electron chi connectivity index (χ4n) is 2.03. The van der Waals surface area contributed by atoms with E-state index in [-0.39, 0.29) is 11.6 Å². The molecule has 0 aliphatic carbocycles. The summed E-state index contributed by atoms with van der Waals surface area (Å²) in [5.41, 5.74) is 0.0515. The molecule has 1 aromatic heterocycles. The summed E-state index contributed by atoms with van der Waals surface area (Å²) in [6.07, 6.45) is 3.36. The molecule has 1 N–H and O–H groups in total. The molecular weight excluding hydrogens is 220 g/mol. The van der Waals surface area contributed by atoms with E-state index in [1.165, 1.54) is 6.42 Å². The zero-order chi connectivity index (χ0) is 12.4. The van der Waals surface area contributed by atoms with Crippen LogP contribution in [0.5, 0.6) is 0 Å². The maximum absolute atomic E-state index is 11.2. The molecule has 0 amide bonds. The zero-order valence-electron chi connectivity index (χ0n) is 10.3. The quantitative estimate of drug-likeness (QED) is 0.876. The molecule has 5 heteroatoms. The number of nitrogens with zero attached hydrogens (tertiary/aromatic N) is 2. The number of rotatable bonds is 3. The van der Waals surface area contributed by atoms with Gasteiger partial charge < -0.3 is 14.4 Å². The van der Waals surface area contributed by atoms with Crippen molar-refractivity contribution in [3.05, 3.63) is 11.6 Å². The fourth-order valence-corrected chi connectivity index (χ4v) is 2.03. The zero-order valence-corrected chi connectivity index (χ0v) is 10.3. The second-order valence-corrected chi connectivity index (χ2v) is 4.71. The van der Waals surface area contributed by atoms with Crippen LogP contribution in [-0.4, -0.2) is 29.1 Å². The Morgan fingerprint density at radius 2 is 2.00 bits per heavy atom. The highest BCUT2D eigenvalue weighted by atomic mass is 16.4. The van der Waals surface area contributed by atoms with Gasteiger partial charge >= 0.3 is 5.97 Å². The molecule has 17 heavy (non-hydrogen) atoms. The largest absolute Gasteiger partial charge is 0.476 e. The van der Waals surface area contributed by atoms with E-state index in [4.69, 9.17) is 9.52 Å². The van der Waals surface area contributed by atoms with Crippen LogP contribution in [0.15, 0.2) is 4.42 Å². The van der Waals surface area contributed by atoms with Gasteiger partial charge in [0.15, 0.2) is 5.89 Å². The number of hydrogen-bond acceptors (Lipinski definition) is 4. The van der Waals surface area contributed by atoms with Gasteiger partial charge in [0.1, 0.15) is 0 Å². The van der Waals surface area contributed by atoms with Gasteiger partial charge in [0, 0.05) is 19.0 Å². The summed E-state index contributed by atoms with van der Waals surface area (Å²) >= 11 is 0. The van der Waals surface area contributed by atoms with E-state index in [9.17, 15) is 4.79 Å². The smallest absolute Gasteiger partial charge is 0.360 e. The number of piperidine rings is 1. The standard InChI is InChI=1S/C12H18N2O3/c1-8(2)10-13-9(12(15)16)11(17-10)14-6-4-3-5-7-14/h8H,3-7H2,1-2H3,(H,15,16). The number of hydrogen-bond donors (Lipinski definition) is 1. The lowest BCUT2D eigenvalue weighted by Crippen LogP contribution is -2.30. The van der Waals surface area contributed by atoms with E-state index in [1.807, 2.05) is 18.7 Å². The Morgan fingerprint density at radius 3 is 2.53 bits per heavy atom. The Labute approximate surface area is 100 Å². The number of carboxylic acid groups (broad SMARTS) is 1. The van der Waals surface area contributed by atoms with Gasteiger partial charge in [-0.25, -0.2) is 9.78 Å². The minimum Gasteiger partial charge on any atom is -0.476 e. The van der Waals surface area contributed by atoms with Gasteiger partial charge in [0.25, 0.3) is 0 Å². The van der Waals surface area contributed by atoms with Crippen LogP contribution in [0.4, 0.5) is 5.88 Å². The van der Waals surface area contributed by atoms with Gasteiger partial charge in [0.05, 0.1) is 0 Å². The molecule has 2 heterocycles. The van der Waals surface area contributed by atoms with Crippen LogP contribution in [0.1, 0.15) is 55.4 Å². The van der Waals surface area contributed by atoms with Crippen LogP contribution >= 0.6 is 0 Å². The van der Waals surface area contributed by atoms with Gasteiger partial charge in [-0.2, -0.15) is 0 Å². The summed E-state index contributed by atoms with van der Waals surface area (Å²) in [4.78, 5) is 17.2. The predicted molar refractivity (Wildman–Crippen MR) is 63.6 cm³/mol. The highest BCUT2D eigenvalue weighted by Crippen LogP contribution is 2.28. The molecule has 1 aliphatic rings. The first-order chi connectivity index (χ1) is 8.09. The van der Waals surface area contributed by atoms with Crippen molar-refractivity contribution in [2.75, 3.05) is 18.0 Å². The molecule has 1 fully saturated rings. The third kappa shape index (κ3) is 2.43. The maximum Gasteiger partial charge on any atom is 0.360 e. The first-order valence-electron chi connectivity index (χ1n) is 6.08. The molecular formula is C12H18N2O3. The van der Waals surface area contributed by atoms with Crippen LogP contribution in [0.25, 0.3) is 0 Å². The second-order valence-electron chi connectivity index (χ2n) is 4.71. The summed E-state index contributed by atoms with van der Waals surface area (Å²) in [5.74, 6) is 0.0248. The van der Waals surface area contributed by atoms with E-state index >= 15 is 0 Å². The van der Waals surface area contributed by atoms with E-state index in [0.29, 0.717) is 11.8 Å². The molecule has 0 bridgehead atoms. The maximum atomic E-state index is 11.2. The molecule has 1 aromatic rings. The number of aromatic nitrogens is 1. The third-order valence-electron chi connectivity index (χ3n) is 2.97. The molecule has 0 saturated carbocycles. The van der Waals surface area contributed by atoms with Crippen LogP contribution in [0.2, 0.25) is 0 Å². The van der Waals surface area contributed by atoms with Crippen molar-refractivity contribution >= 4 is 11.9 Å². The molecule has 0 spiro atoms. The van der Waals surface area contributed by atoms with E-state index in [1.54, 1.807) is 0 Å². The Kier molecular flexibility index (Phi) is 3.36. The fraction of sp³-hybridized carbons (Fsp3) is 0.667. The van der Waals surface area contributed by atoms with E-state index in [2.05, 4.69) is 4.98 Å². The molecule has 0 atom stereocenters. The molecule has 0 aromatic carbocycles. The average Bonchev–Trinajstić information content (AvgIpc) is 2.75. The molecule has 2 rings (SSSR count). The van der Waals surface area contributed by atoms with Gasteiger partial charge in [-0.05, 0) is 19.3 Å². The monoisotopic (exact) mass is 238 g/mol. The Morgan fingerprint density at radius 1 is 1.35 bits per heavy atom. The summed E-state index contributed by atoms with van der Waals surface area (Å²) in [6.45, 7) is 5.59. The van der Waals surface area contributed by atoms with Crippen molar-refractivity contribution in [3.63, 3.8) is 0 Å². The molecule has 0 radical (unpaired) electrons. The van der Waals surface area contributed by atoms with E-state index < -0.39 is 5.97 Å². The topological polar surface area (TPSA) is 66.6 Å². The highest BCUT2D eigenvalue weighted by Gasteiger charge is 2.26. The third-order valence-corrected chi connectivity index (χ3v) is 2.97. The first-order valence-corrected chi connectivity index (χ1v) is 6.08. The minimum atomic E-state index is -1.01. The van der Waals surface area contributed by atoms with Gasteiger partial charge in [-0.3, -0.25) is 0 Å². The molecule has 0 unspecified atom stereocenters. The van der Waals surface area contributed by atoms with Crippen molar-refractivity contribution in [3.8, 4) is 0 Å². The van der Waals surface area contributed by atoms with Crippen molar-refractivity contribution in [2.24, 2.45) is 0 Å². The SMILES string of the molecule is CC(C)c1nc(C(=O)O)c(N2CCCCC2)o1. The average molecular weight is 238 g/mol. The van der Waals surface area contributed by atoms with Crippen LogP contribution in [0, 0.1) is 0 Å². The normalized spacial score (nSPS) is 16.5. The number of oxazole rings is 1. The van der Waals surface area contributed by atoms with Crippen LogP contribution < -0.4 is 4.90 Å². The second kappa shape index (κ2) is 4.77. The lowest BCUT2D eigenvalue weighted by Gasteiger charge is -2.26. The van der Waals surface area contributed by atoms with Crippen LogP contribution in [-0.2, 0) is 0 Å².